The third kappa shape index (κ3) is 6.68. The molecule has 4 nitrogen and oxygen atoms in total. The molecule has 2 amide bonds. The first-order valence-corrected chi connectivity index (χ1v) is 11.7. The molecule has 0 aliphatic heterocycles. The van der Waals surface area contributed by atoms with Gasteiger partial charge in [0.1, 0.15) is 6.04 Å². The molecule has 0 saturated heterocycles. The zero-order valence-corrected chi connectivity index (χ0v) is 19.2. The molecule has 1 aliphatic rings. The molecule has 166 valence electrons. The van der Waals surface area contributed by atoms with E-state index in [2.05, 4.69) is 24.4 Å². The van der Waals surface area contributed by atoms with E-state index in [4.69, 9.17) is 0 Å². The maximum Gasteiger partial charge on any atom is 0.243 e. The van der Waals surface area contributed by atoms with Crippen LogP contribution in [0.25, 0.3) is 0 Å². The first kappa shape index (κ1) is 23.1. The molecule has 0 spiro atoms. The molecule has 0 heterocycles. The van der Waals surface area contributed by atoms with E-state index < -0.39 is 6.04 Å². The minimum absolute atomic E-state index is 0.00370. The van der Waals surface area contributed by atoms with Gasteiger partial charge < -0.3 is 10.2 Å². The average molecular weight is 421 g/mol. The molecule has 2 aromatic carbocycles. The maximum atomic E-state index is 13.4. The van der Waals surface area contributed by atoms with Crippen molar-refractivity contribution in [2.24, 2.45) is 0 Å². The summed E-state index contributed by atoms with van der Waals surface area (Å²) in [5, 5.41) is 3.24. The van der Waals surface area contributed by atoms with E-state index in [-0.39, 0.29) is 17.9 Å². The normalized spacial score (nSPS) is 15.3. The van der Waals surface area contributed by atoms with Crippen molar-refractivity contribution in [3.63, 3.8) is 0 Å². The van der Waals surface area contributed by atoms with Crippen molar-refractivity contribution in [1.29, 1.82) is 0 Å². The van der Waals surface area contributed by atoms with Crippen molar-refractivity contribution in [3.05, 3.63) is 70.8 Å². The number of aryl methyl sites for hydroxylation is 2. The molecular formula is C27H36N2O2. The Hall–Kier alpha value is -2.62. The van der Waals surface area contributed by atoms with Gasteiger partial charge in [-0.25, -0.2) is 0 Å². The lowest BCUT2D eigenvalue weighted by molar-refractivity contribution is -0.141. The summed E-state index contributed by atoms with van der Waals surface area (Å²) >= 11 is 0. The number of hydrogen-bond acceptors (Lipinski definition) is 2. The van der Waals surface area contributed by atoms with E-state index in [0.29, 0.717) is 19.4 Å². The van der Waals surface area contributed by atoms with Gasteiger partial charge in [0.15, 0.2) is 0 Å². The Kier molecular flexibility index (Phi) is 8.27. The summed E-state index contributed by atoms with van der Waals surface area (Å²) in [6.45, 7) is 6.53. The summed E-state index contributed by atoms with van der Waals surface area (Å²) < 4.78 is 0. The lowest BCUT2D eigenvalue weighted by Gasteiger charge is -2.33. The summed E-state index contributed by atoms with van der Waals surface area (Å²) in [6, 6.07) is 16.0. The summed E-state index contributed by atoms with van der Waals surface area (Å²) in [4.78, 5) is 28.5. The summed E-state index contributed by atoms with van der Waals surface area (Å²) in [7, 11) is 0. The number of carbonyl (C=O) groups is 2. The standard InChI is InChI=1S/C27H36N2O2/c1-4-25(27(31)28-24-11-6-5-7-12-24)29(19-23-10-8-9-21(3)17-23)26(30)18-22-15-13-20(2)14-16-22/h8-10,13-17,24-25H,4-7,11-12,18-19H2,1-3H3,(H,28,31). The topological polar surface area (TPSA) is 49.4 Å². The second-order valence-electron chi connectivity index (χ2n) is 8.94. The van der Waals surface area contributed by atoms with E-state index in [1.54, 1.807) is 4.90 Å². The van der Waals surface area contributed by atoms with Crippen LogP contribution in [0.1, 0.15) is 67.7 Å². The maximum absolute atomic E-state index is 13.4. The molecule has 1 aliphatic carbocycles. The Morgan fingerprint density at radius 1 is 0.968 bits per heavy atom. The minimum atomic E-state index is -0.458. The highest BCUT2D eigenvalue weighted by Gasteiger charge is 2.30. The van der Waals surface area contributed by atoms with Crippen molar-refractivity contribution < 1.29 is 9.59 Å². The number of benzene rings is 2. The summed E-state index contributed by atoms with van der Waals surface area (Å²) in [5.74, 6) is -0.0182. The Morgan fingerprint density at radius 3 is 2.32 bits per heavy atom. The minimum Gasteiger partial charge on any atom is -0.352 e. The number of nitrogens with zero attached hydrogens (tertiary/aromatic N) is 1. The molecule has 1 saturated carbocycles. The lowest BCUT2D eigenvalue weighted by atomic mass is 9.95. The van der Waals surface area contributed by atoms with Gasteiger partial charge in [0.25, 0.3) is 0 Å². The SMILES string of the molecule is CCC(C(=O)NC1CCCCC1)N(Cc1cccc(C)c1)C(=O)Cc1ccc(C)cc1. The highest BCUT2D eigenvalue weighted by molar-refractivity contribution is 5.88. The van der Waals surface area contributed by atoms with Crippen LogP contribution in [0.3, 0.4) is 0 Å². The Balaban J connectivity index is 1.80. The molecule has 0 aromatic heterocycles. The van der Waals surface area contributed by atoms with E-state index in [1.165, 1.54) is 24.8 Å². The Morgan fingerprint density at radius 2 is 1.68 bits per heavy atom. The van der Waals surface area contributed by atoms with E-state index >= 15 is 0 Å². The van der Waals surface area contributed by atoms with Crippen molar-refractivity contribution in [1.82, 2.24) is 10.2 Å². The molecule has 0 bridgehead atoms. The van der Waals surface area contributed by atoms with E-state index in [1.807, 2.05) is 50.2 Å². The molecule has 1 atom stereocenters. The van der Waals surface area contributed by atoms with Crippen molar-refractivity contribution >= 4 is 11.8 Å². The van der Waals surface area contributed by atoms with Gasteiger partial charge in [0.05, 0.1) is 6.42 Å². The van der Waals surface area contributed by atoms with Crippen LogP contribution in [-0.4, -0.2) is 28.8 Å². The van der Waals surface area contributed by atoms with Crippen LogP contribution in [0, 0.1) is 13.8 Å². The fourth-order valence-corrected chi connectivity index (χ4v) is 4.45. The molecule has 1 fully saturated rings. The van der Waals surface area contributed by atoms with Crippen LogP contribution in [0.2, 0.25) is 0 Å². The first-order chi connectivity index (χ1) is 15.0. The zero-order valence-electron chi connectivity index (χ0n) is 19.2. The number of nitrogens with one attached hydrogen (secondary N) is 1. The van der Waals surface area contributed by atoms with Crippen LogP contribution in [0.15, 0.2) is 48.5 Å². The van der Waals surface area contributed by atoms with Gasteiger partial charge in [-0.3, -0.25) is 9.59 Å². The number of carbonyl (C=O) groups excluding carboxylic acids is 2. The van der Waals surface area contributed by atoms with Crippen molar-refractivity contribution in [2.45, 2.75) is 84.3 Å². The molecule has 4 heteroatoms. The largest absolute Gasteiger partial charge is 0.352 e. The van der Waals surface area contributed by atoms with Gasteiger partial charge in [-0.05, 0) is 44.2 Å². The van der Waals surface area contributed by atoms with Gasteiger partial charge in [-0.15, -0.1) is 0 Å². The van der Waals surface area contributed by atoms with Gasteiger partial charge in [0, 0.05) is 12.6 Å². The number of rotatable bonds is 8. The molecule has 1 unspecified atom stereocenters. The number of hydrogen-bond donors (Lipinski definition) is 1. The Labute approximate surface area is 187 Å². The van der Waals surface area contributed by atoms with Gasteiger partial charge in [-0.2, -0.15) is 0 Å². The van der Waals surface area contributed by atoms with Gasteiger partial charge in [-0.1, -0.05) is 85.8 Å². The predicted molar refractivity (Wildman–Crippen MR) is 126 cm³/mol. The van der Waals surface area contributed by atoms with Crippen molar-refractivity contribution in [3.8, 4) is 0 Å². The van der Waals surface area contributed by atoms with Gasteiger partial charge in [0.2, 0.25) is 11.8 Å². The lowest BCUT2D eigenvalue weighted by Crippen LogP contribution is -2.51. The highest BCUT2D eigenvalue weighted by atomic mass is 16.2. The smallest absolute Gasteiger partial charge is 0.243 e. The summed E-state index contributed by atoms with van der Waals surface area (Å²) in [5.41, 5.74) is 4.36. The molecular weight excluding hydrogens is 384 g/mol. The quantitative estimate of drug-likeness (QED) is 0.646. The van der Waals surface area contributed by atoms with Crippen molar-refractivity contribution in [2.75, 3.05) is 0 Å². The zero-order chi connectivity index (χ0) is 22.2. The molecule has 1 N–H and O–H groups in total. The Bertz CT molecular complexity index is 869. The third-order valence-electron chi connectivity index (χ3n) is 6.25. The predicted octanol–water partition coefficient (Wildman–Crippen LogP) is 5.10. The molecule has 31 heavy (non-hydrogen) atoms. The molecule has 3 rings (SSSR count). The van der Waals surface area contributed by atoms with Crippen LogP contribution in [0.4, 0.5) is 0 Å². The monoisotopic (exact) mass is 420 g/mol. The van der Waals surface area contributed by atoms with Crippen LogP contribution >= 0.6 is 0 Å². The molecule has 0 radical (unpaired) electrons. The average Bonchev–Trinajstić information content (AvgIpc) is 2.76. The third-order valence-corrected chi connectivity index (χ3v) is 6.25. The van der Waals surface area contributed by atoms with Gasteiger partial charge >= 0.3 is 0 Å². The molecule has 2 aromatic rings. The number of amides is 2. The first-order valence-electron chi connectivity index (χ1n) is 11.7. The van der Waals surface area contributed by atoms with Crippen LogP contribution < -0.4 is 5.32 Å². The summed E-state index contributed by atoms with van der Waals surface area (Å²) in [6.07, 6.45) is 6.57. The van der Waals surface area contributed by atoms with E-state index in [0.717, 1.165) is 29.5 Å². The second-order valence-corrected chi connectivity index (χ2v) is 8.94. The fraction of sp³-hybridized carbons (Fsp3) is 0.481. The second kappa shape index (κ2) is 11.1. The highest BCUT2D eigenvalue weighted by Crippen LogP contribution is 2.20. The fourth-order valence-electron chi connectivity index (χ4n) is 4.45. The van der Waals surface area contributed by atoms with Crippen LogP contribution in [-0.2, 0) is 22.6 Å². The van der Waals surface area contributed by atoms with Crippen LogP contribution in [0.5, 0.6) is 0 Å². The van der Waals surface area contributed by atoms with E-state index in [9.17, 15) is 9.59 Å².